The van der Waals surface area contributed by atoms with E-state index >= 15 is 0 Å². The number of nitrogens with zero attached hydrogens (tertiary/aromatic N) is 6. The molecule has 220 valence electrons. The summed E-state index contributed by atoms with van der Waals surface area (Å²) >= 11 is 0. The van der Waals surface area contributed by atoms with Crippen LogP contribution in [0.5, 0.6) is 0 Å². The van der Waals surface area contributed by atoms with E-state index in [1.54, 1.807) is 12.4 Å². The quantitative estimate of drug-likeness (QED) is 0.256. The average molecular weight is 585 g/mol. The molecule has 0 radical (unpaired) electrons. The summed E-state index contributed by atoms with van der Waals surface area (Å²) in [5, 5.41) is 8.33. The SMILES string of the molecule is Cn1cnnc1-c1ccccc1-c1cc(C2CC2)nc(N2Cc3c(cc(CN4CCC5(CC5)C4)cc3C(F)(F)F)C2=O)c1. The lowest BCUT2D eigenvalue weighted by atomic mass is 9.98. The Balaban J connectivity index is 1.18. The zero-order chi connectivity index (χ0) is 29.5. The number of aryl methyl sites for hydroxylation is 1. The Bertz CT molecular complexity index is 1770. The van der Waals surface area contributed by atoms with Crippen molar-refractivity contribution in [2.75, 3.05) is 18.0 Å². The van der Waals surface area contributed by atoms with E-state index in [4.69, 9.17) is 4.98 Å². The summed E-state index contributed by atoms with van der Waals surface area (Å²) in [7, 11) is 1.88. The van der Waals surface area contributed by atoms with Crippen LogP contribution in [0, 0.1) is 5.41 Å². The van der Waals surface area contributed by atoms with E-state index in [0.29, 0.717) is 29.2 Å². The van der Waals surface area contributed by atoms with Gasteiger partial charge in [0.25, 0.3) is 5.91 Å². The van der Waals surface area contributed by atoms with Crippen molar-refractivity contribution in [1.29, 1.82) is 0 Å². The van der Waals surface area contributed by atoms with Gasteiger partial charge >= 0.3 is 6.18 Å². The predicted molar refractivity (Wildman–Crippen MR) is 155 cm³/mol. The predicted octanol–water partition coefficient (Wildman–Crippen LogP) is 6.59. The summed E-state index contributed by atoms with van der Waals surface area (Å²) in [6.45, 7) is 2.06. The van der Waals surface area contributed by atoms with E-state index in [0.717, 1.165) is 54.7 Å². The number of alkyl halides is 3. The molecule has 8 rings (SSSR count). The van der Waals surface area contributed by atoms with Crippen LogP contribution in [-0.2, 0) is 26.3 Å². The molecule has 1 saturated heterocycles. The van der Waals surface area contributed by atoms with Gasteiger partial charge in [0.2, 0.25) is 0 Å². The topological polar surface area (TPSA) is 67.2 Å². The van der Waals surface area contributed by atoms with Crippen molar-refractivity contribution in [3.63, 3.8) is 0 Å². The Morgan fingerprint density at radius 3 is 2.47 bits per heavy atom. The molecule has 1 amide bonds. The largest absolute Gasteiger partial charge is 0.416 e. The second kappa shape index (κ2) is 9.47. The van der Waals surface area contributed by atoms with Crippen molar-refractivity contribution >= 4 is 11.7 Å². The molecule has 2 saturated carbocycles. The van der Waals surface area contributed by atoms with Crippen LogP contribution in [0.25, 0.3) is 22.5 Å². The molecule has 0 N–H and O–H groups in total. The smallest absolute Gasteiger partial charge is 0.317 e. The Hall–Kier alpha value is -4.05. The minimum atomic E-state index is -4.57. The number of rotatable bonds is 6. The van der Waals surface area contributed by atoms with Crippen molar-refractivity contribution < 1.29 is 18.0 Å². The van der Waals surface area contributed by atoms with Crippen molar-refractivity contribution in [1.82, 2.24) is 24.6 Å². The summed E-state index contributed by atoms with van der Waals surface area (Å²) in [5.41, 5.74) is 3.81. The van der Waals surface area contributed by atoms with E-state index in [1.165, 1.54) is 23.8 Å². The fraction of sp³-hybridized carbons (Fsp3) is 0.394. The molecule has 3 fully saturated rings. The van der Waals surface area contributed by atoms with Crippen molar-refractivity contribution in [3.05, 3.63) is 82.8 Å². The second-order valence-electron chi connectivity index (χ2n) is 12.7. The number of likely N-dealkylation sites (tertiary alicyclic amines) is 1. The highest BCUT2D eigenvalue weighted by atomic mass is 19.4. The summed E-state index contributed by atoms with van der Waals surface area (Å²) in [6.07, 6.45) is 2.56. The Morgan fingerprint density at radius 2 is 1.79 bits per heavy atom. The highest BCUT2D eigenvalue weighted by molar-refractivity contribution is 6.10. The Kier molecular flexibility index (Phi) is 5.85. The maximum atomic E-state index is 14.4. The van der Waals surface area contributed by atoms with E-state index in [-0.39, 0.29) is 23.6 Å². The molecule has 43 heavy (non-hydrogen) atoms. The van der Waals surface area contributed by atoms with E-state index in [2.05, 4.69) is 15.1 Å². The van der Waals surface area contributed by atoms with Crippen LogP contribution in [0.15, 0.2) is 54.9 Å². The van der Waals surface area contributed by atoms with Crippen LogP contribution in [0.3, 0.4) is 0 Å². The van der Waals surface area contributed by atoms with Gasteiger partial charge in [-0.3, -0.25) is 14.6 Å². The highest BCUT2D eigenvalue weighted by Crippen LogP contribution is 2.53. The fourth-order valence-corrected chi connectivity index (χ4v) is 6.88. The zero-order valence-electron chi connectivity index (χ0n) is 23.9. The van der Waals surface area contributed by atoms with Crippen LogP contribution in [0.4, 0.5) is 19.0 Å². The molecule has 4 heterocycles. The molecule has 2 aromatic carbocycles. The molecule has 0 atom stereocenters. The molecule has 0 bridgehead atoms. The number of benzene rings is 2. The molecule has 4 aromatic rings. The third-order valence-electron chi connectivity index (χ3n) is 9.58. The van der Waals surface area contributed by atoms with Gasteiger partial charge in [-0.2, -0.15) is 13.2 Å². The van der Waals surface area contributed by atoms with Crippen LogP contribution in [-0.4, -0.2) is 43.6 Å². The molecule has 2 aromatic heterocycles. The summed E-state index contributed by atoms with van der Waals surface area (Å²) in [4.78, 5) is 22.4. The number of hydrogen-bond donors (Lipinski definition) is 0. The molecular formula is C33H31F3N6O. The minimum absolute atomic E-state index is 0.0287. The lowest BCUT2D eigenvalue weighted by molar-refractivity contribution is -0.138. The summed E-state index contributed by atoms with van der Waals surface area (Å²) < 4.78 is 45.1. The van der Waals surface area contributed by atoms with Crippen LogP contribution < -0.4 is 4.90 Å². The number of carbonyl (C=O) groups excluding carboxylic acids is 1. The Labute approximate surface area is 247 Å². The van der Waals surface area contributed by atoms with Crippen LogP contribution >= 0.6 is 0 Å². The van der Waals surface area contributed by atoms with Crippen molar-refractivity contribution in [2.24, 2.45) is 12.5 Å². The van der Waals surface area contributed by atoms with Gasteiger partial charge in [-0.15, -0.1) is 10.2 Å². The molecule has 2 aliphatic carbocycles. The maximum absolute atomic E-state index is 14.4. The molecule has 4 aliphatic rings. The van der Waals surface area contributed by atoms with Gasteiger partial charge in [0.1, 0.15) is 12.1 Å². The van der Waals surface area contributed by atoms with Gasteiger partial charge in [0.15, 0.2) is 5.82 Å². The number of anilines is 1. The average Bonchev–Trinajstić information content (AvgIpc) is 3.86. The van der Waals surface area contributed by atoms with E-state index in [9.17, 15) is 18.0 Å². The summed E-state index contributed by atoms with van der Waals surface area (Å²) in [6, 6.07) is 14.6. The fourth-order valence-electron chi connectivity index (χ4n) is 6.88. The lowest BCUT2D eigenvalue weighted by Crippen LogP contribution is -2.24. The lowest BCUT2D eigenvalue weighted by Gasteiger charge is -2.19. The zero-order valence-corrected chi connectivity index (χ0v) is 23.9. The standard InChI is InChI=1S/C33H31F3N6O/c1-40-19-37-39-30(40)24-5-3-2-4-23(24)22-14-28(21-6-7-21)38-29(15-22)42-17-26-25(31(42)43)12-20(13-27(26)33(34,35)36)16-41-11-10-32(18-41)8-9-32/h2-5,12-15,19,21H,6-11,16-18H2,1H3. The van der Waals surface area contributed by atoms with E-state index in [1.807, 2.05) is 48.0 Å². The third kappa shape index (κ3) is 4.72. The van der Waals surface area contributed by atoms with Gasteiger partial charge < -0.3 is 4.57 Å². The van der Waals surface area contributed by atoms with Crippen LogP contribution in [0.1, 0.15) is 70.8 Å². The second-order valence-corrected chi connectivity index (χ2v) is 12.7. The van der Waals surface area contributed by atoms with Gasteiger partial charge in [0.05, 0.1) is 12.1 Å². The molecule has 10 heteroatoms. The van der Waals surface area contributed by atoms with Gasteiger partial charge in [-0.1, -0.05) is 24.3 Å². The van der Waals surface area contributed by atoms with Gasteiger partial charge in [0, 0.05) is 42.9 Å². The number of pyridine rings is 1. The molecule has 2 aliphatic heterocycles. The first-order chi connectivity index (χ1) is 20.7. The van der Waals surface area contributed by atoms with Crippen molar-refractivity contribution in [2.45, 2.75) is 57.3 Å². The molecule has 1 spiro atoms. The molecular weight excluding hydrogens is 553 g/mol. The van der Waals surface area contributed by atoms with Gasteiger partial charge in [-0.05, 0) is 90.6 Å². The first kappa shape index (κ1) is 26.6. The minimum Gasteiger partial charge on any atom is -0.317 e. The van der Waals surface area contributed by atoms with E-state index < -0.39 is 17.6 Å². The number of fused-ring (bicyclic) bond motifs is 1. The molecule has 0 unspecified atom stereocenters. The normalized spacial score (nSPS) is 19.4. The number of hydrogen-bond acceptors (Lipinski definition) is 5. The first-order valence-corrected chi connectivity index (χ1v) is 14.9. The third-order valence-corrected chi connectivity index (χ3v) is 9.58. The van der Waals surface area contributed by atoms with Crippen molar-refractivity contribution in [3.8, 4) is 22.5 Å². The monoisotopic (exact) mass is 584 g/mol. The number of aromatic nitrogens is 4. The maximum Gasteiger partial charge on any atom is 0.416 e. The highest BCUT2D eigenvalue weighted by Gasteiger charge is 2.48. The first-order valence-electron chi connectivity index (χ1n) is 14.9. The van der Waals surface area contributed by atoms with Gasteiger partial charge in [-0.25, -0.2) is 4.98 Å². The van der Waals surface area contributed by atoms with Crippen LogP contribution in [0.2, 0.25) is 0 Å². The molecule has 7 nitrogen and oxygen atoms in total. The number of halogens is 3. The number of carbonyl (C=O) groups is 1. The number of amides is 1. The Morgan fingerprint density at radius 1 is 1.00 bits per heavy atom. The summed E-state index contributed by atoms with van der Waals surface area (Å²) in [5.74, 6) is 0.904.